The van der Waals surface area contributed by atoms with Gasteiger partial charge >= 0.3 is 0 Å². The highest BCUT2D eigenvalue weighted by Gasteiger charge is 2.04. The molecule has 90 valence electrons. The van der Waals surface area contributed by atoms with Crippen molar-refractivity contribution in [1.29, 1.82) is 0 Å². The van der Waals surface area contributed by atoms with Crippen molar-refractivity contribution in [3.8, 4) is 5.75 Å². The first kappa shape index (κ1) is 12.1. The third kappa shape index (κ3) is 3.08. The van der Waals surface area contributed by atoms with E-state index in [2.05, 4.69) is 24.4 Å². The maximum absolute atomic E-state index is 5.84. The average Bonchev–Trinajstić information content (AvgIpc) is 2.80. The fourth-order valence-corrected chi connectivity index (χ4v) is 2.28. The lowest BCUT2D eigenvalue weighted by atomic mass is 10.1. The van der Waals surface area contributed by atoms with Crippen molar-refractivity contribution in [2.75, 3.05) is 0 Å². The zero-order chi connectivity index (χ0) is 12.3. The van der Waals surface area contributed by atoms with Crippen LogP contribution in [0.3, 0.4) is 0 Å². The Morgan fingerprint density at radius 1 is 1.35 bits per heavy atom. The maximum Gasteiger partial charge on any atom is 0.122 e. The largest absolute Gasteiger partial charge is 0.488 e. The first-order valence-corrected chi connectivity index (χ1v) is 6.56. The summed E-state index contributed by atoms with van der Waals surface area (Å²) in [6.07, 6.45) is 0. The molecule has 0 aliphatic heterocycles. The Labute approximate surface area is 106 Å². The minimum atomic E-state index is 0.0695. The minimum absolute atomic E-state index is 0.0695. The van der Waals surface area contributed by atoms with Crippen LogP contribution in [0.5, 0.6) is 5.75 Å². The lowest BCUT2D eigenvalue weighted by Gasteiger charge is -2.11. The number of ether oxygens (including phenoxy) is 1. The zero-order valence-corrected chi connectivity index (χ0v) is 11.0. The third-order valence-electron chi connectivity index (χ3n) is 2.67. The normalized spacial score (nSPS) is 12.4. The predicted molar refractivity (Wildman–Crippen MR) is 72.4 cm³/mol. The van der Waals surface area contributed by atoms with Crippen molar-refractivity contribution in [1.82, 2.24) is 0 Å². The molecule has 0 saturated carbocycles. The van der Waals surface area contributed by atoms with E-state index in [1.54, 1.807) is 11.3 Å². The van der Waals surface area contributed by atoms with Crippen LogP contribution in [0.15, 0.2) is 35.7 Å². The standard InChI is InChI=1S/C14H17NOS/c1-10-8-12(11(2)15)5-6-14(10)16-9-13-4-3-7-17-13/h3-8,11H,9,15H2,1-2H3/t11-/m1/s1. The highest BCUT2D eigenvalue weighted by atomic mass is 32.1. The van der Waals surface area contributed by atoms with E-state index in [1.807, 2.05) is 25.1 Å². The van der Waals surface area contributed by atoms with Gasteiger partial charge in [0, 0.05) is 10.9 Å². The Bertz CT molecular complexity index is 477. The molecule has 2 rings (SSSR count). The van der Waals surface area contributed by atoms with Crippen LogP contribution in [-0.2, 0) is 6.61 Å². The Balaban J connectivity index is 2.06. The van der Waals surface area contributed by atoms with E-state index in [4.69, 9.17) is 10.5 Å². The van der Waals surface area contributed by atoms with E-state index in [9.17, 15) is 0 Å². The van der Waals surface area contributed by atoms with Crippen LogP contribution in [0.2, 0.25) is 0 Å². The molecule has 2 aromatic rings. The van der Waals surface area contributed by atoms with Gasteiger partial charge in [0.25, 0.3) is 0 Å². The molecule has 0 fully saturated rings. The number of nitrogens with two attached hydrogens (primary N) is 1. The summed E-state index contributed by atoms with van der Waals surface area (Å²) < 4.78 is 5.79. The summed E-state index contributed by atoms with van der Waals surface area (Å²) in [6.45, 7) is 4.67. The van der Waals surface area contributed by atoms with Crippen molar-refractivity contribution in [3.63, 3.8) is 0 Å². The first-order chi connectivity index (χ1) is 8.16. The molecule has 2 N–H and O–H groups in total. The van der Waals surface area contributed by atoms with Crippen molar-refractivity contribution in [3.05, 3.63) is 51.7 Å². The van der Waals surface area contributed by atoms with Gasteiger partial charge in [-0.15, -0.1) is 11.3 Å². The molecule has 1 heterocycles. The molecule has 0 unspecified atom stereocenters. The van der Waals surface area contributed by atoms with Crippen LogP contribution >= 0.6 is 11.3 Å². The van der Waals surface area contributed by atoms with E-state index in [0.717, 1.165) is 16.9 Å². The SMILES string of the molecule is Cc1cc([C@@H](C)N)ccc1OCc1cccs1. The van der Waals surface area contributed by atoms with Gasteiger partial charge in [-0.05, 0) is 42.5 Å². The summed E-state index contributed by atoms with van der Waals surface area (Å²) in [4.78, 5) is 1.24. The predicted octanol–water partition coefficient (Wildman–Crippen LogP) is 3.66. The second-order valence-corrected chi connectivity index (χ2v) is 5.21. The smallest absolute Gasteiger partial charge is 0.122 e. The van der Waals surface area contributed by atoms with Gasteiger partial charge in [-0.25, -0.2) is 0 Å². The number of aryl methyl sites for hydroxylation is 1. The molecule has 0 aliphatic rings. The lowest BCUT2D eigenvalue weighted by molar-refractivity contribution is 0.307. The molecule has 0 aliphatic carbocycles. The number of rotatable bonds is 4. The number of hydrogen-bond donors (Lipinski definition) is 1. The van der Waals surface area contributed by atoms with Crippen molar-refractivity contribution in [2.24, 2.45) is 5.73 Å². The van der Waals surface area contributed by atoms with Gasteiger partial charge in [-0.3, -0.25) is 0 Å². The Morgan fingerprint density at radius 2 is 2.18 bits per heavy atom. The van der Waals surface area contributed by atoms with Crippen LogP contribution in [0.1, 0.15) is 29.0 Å². The van der Waals surface area contributed by atoms with Gasteiger partial charge in [-0.2, -0.15) is 0 Å². The molecular formula is C14H17NOS. The second-order valence-electron chi connectivity index (χ2n) is 4.18. The van der Waals surface area contributed by atoms with E-state index in [0.29, 0.717) is 6.61 Å². The highest BCUT2D eigenvalue weighted by molar-refractivity contribution is 7.09. The molecule has 1 aromatic heterocycles. The number of thiophene rings is 1. The van der Waals surface area contributed by atoms with Gasteiger partial charge in [0.05, 0.1) is 0 Å². The van der Waals surface area contributed by atoms with Crippen molar-refractivity contribution < 1.29 is 4.74 Å². The van der Waals surface area contributed by atoms with Crippen LogP contribution in [0.4, 0.5) is 0 Å². The highest BCUT2D eigenvalue weighted by Crippen LogP contribution is 2.23. The molecule has 3 heteroatoms. The molecule has 0 saturated heterocycles. The monoisotopic (exact) mass is 247 g/mol. The van der Waals surface area contributed by atoms with Gasteiger partial charge < -0.3 is 10.5 Å². The summed E-state index contributed by atoms with van der Waals surface area (Å²) in [5.41, 5.74) is 8.12. The van der Waals surface area contributed by atoms with Crippen LogP contribution < -0.4 is 10.5 Å². The Morgan fingerprint density at radius 3 is 2.76 bits per heavy atom. The average molecular weight is 247 g/mol. The van der Waals surface area contributed by atoms with Crippen molar-refractivity contribution >= 4 is 11.3 Å². The van der Waals surface area contributed by atoms with E-state index in [1.165, 1.54) is 4.88 Å². The van der Waals surface area contributed by atoms with Gasteiger partial charge in [0.15, 0.2) is 0 Å². The first-order valence-electron chi connectivity index (χ1n) is 5.68. The van der Waals surface area contributed by atoms with Crippen molar-refractivity contribution in [2.45, 2.75) is 26.5 Å². The zero-order valence-electron chi connectivity index (χ0n) is 10.1. The Kier molecular flexibility index (Phi) is 3.82. The molecule has 2 nitrogen and oxygen atoms in total. The van der Waals surface area contributed by atoms with Crippen LogP contribution in [0.25, 0.3) is 0 Å². The lowest BCUT2D eigenvalue weighted by Crippen LogP contribution is -2.05. The number of hydrogen-bond acceptors (Lipinski definition) is 3. The molecule has 1 aromatic carbocycles. The van der Waals surface area contributed by atoms with Gasteiger partial charge in [0.1, 0.15) is 12.4 Å². The summed E-state index contributed by atoms with van der Waals surface area (Å²) in [5.74, 6) is 0.933. The van der Waals surface area contributed by atoms with Crippen LogP contribution in [-0.4, -0.2) is 0 Å². The topological polar surface area (TPSA) is 35.2 Å². The summed E-state index contributed by atoms with van der Waals surface area (Å²) >= 11 is 1.71. The quantitative estimate of drug-likeness (QED) is 0.895. The molecule has 0 bridgehead atoms. The van der Waals surface area contributed by atoms with Gasteiger partial charge in [-0.1, -0.05) is 18.2 Å². The molecule has 0 amide bonds. The molecule has 17 heavy (non-hydrogen) atoms. The van der Waals surface area contributed by atoms with E-state index < -0.39 is 0 Å². The summed E-state index contributed by atoms with van der Waals surface area (Å²) in [7, 11) is 0. The third-order valence-corrected chi connectivity index (χ3v) is 3.52. The molecule has 1 atom stereocenters. The molecular weight excluding hydrogens is 230 g/mol. The fraction of sp³-hybridized carbons (Fsp3) is 0.286. The summed E-state index contributed by atoms with van der Waals surface area (Å²) in [6, 6.07) is 10.3. The molecule has 0 spiro atoms. The fourth-order valence-electron chi connectivity index (χ4n) is 1.66. The van der Waals surface area contributed by atoms with E-state index in [-0.39, 0.29) is 6.04 Å². The van der Waals surface area contributed by atoms with Gasteiger partial charge in [0.2, 0.25) is 0 Å². The van der Waals surface area contributed by atoms with Crippen LogP contribution in [0, 0.1) is 6.92 Å². The maximum atomic E-state index is 5.84. The van der Waals surface area contributed by atoms with E-state index >= 15 is 0 Å². The Hall–Kier alpha value is -1.32. The number of benzene rings is 1. The summed E-state index contributed by atoms with van der Waals surface area (Å²) in [5, 5.41) is 2.06. The second kappa shape index (κ2) is 5.34. The molecule has 0 radical (unpaired) electrons. The minimum Gasteiger partial charge on any atom is -0.488 e.